The minimum absolute atomic E-state index is 0.168. The lowest BCUT2D eigenvalue weighted by Gasteiger charge is -2.11. The van der Waals surface area contributed by atoms with Gasteiger partial charge in [-0.05, 0) is 65.9 Å². The molecule has 0 saturated carbocycles. The minimum atomic E-state index is -0.520. The van der Waals surface area contributed by atoms with E-state index in [0.717, 1.165) is 18.2 Å². The predicted octanol–water partition coefficient (Wildman–Crippen LogP) is 4.76. The van der Waals surface area contributed by atoms with Crippen LogP contribution < -0.4 is 10.6 Å². The van der Waals surface area contributed by atoms with Crippen molar-refractivity contribution in [2.45, 2.75) is 19.8 Å². The molecule has 1 aliphatic carbocycles. The van der Waals surface area contributed by atoms with E-state index in [1.165, 1.54) is 16.5 Å². The van der Waals surface area contributed by atoms with E-state index < -0.39 is 6.09 Å². The first kappa shape index (κ1) is 17.1. The number of nitrogens with one attached hydrogen (secondary N) is 2. The van der Waals surface area contributed by atoms with Crippen molar-refractivity contribution in [3.63, 3.8) is 0 Å². The second-order valence-corrected chi connectivity index (χ2v) is 6.49. The lowest BCUT2D eigenvalue weighted by atomic mass is 9.99. The average molecular weight is 360 g/mol. The van der Waals surface area contributed by atoms with Crippen molar-refractivity contribution in [1.29, 1.82) is 0 Å². The summed E-state index contributed by atoms with van der Waals surface area (Å²) in [5, 5.41) is 7.76. The van der Waals surface area contributed by atoms with E-state index in [9.17, 15) is 9.59 Å². The maximum absolute atomic E-state index is 12.9. The molecule has 136 valence electrons. The van der Waals surface area contributed by atoms with Crippen molar-refractivity contribution in [2.24, 2.45) is 0 Å². The monoisotopic (exact) mass is 360 g/mol. The largest absolute Gasteiger partial charge is 0.450 e. The summed E-state index contributed by atoms with van der Waals surface area (Å²) in [6.45, 7) is 2.04. The first-order chi connectivity index (χ1) is 13.2. The third-order valence-corrected chi connectivity index (χ3v) is 4.76. The highest BCUT2D eigenvalue weighted by Gasteiger charge is 2.18. The third-order valence-electron chi connectivity index (χ3n) is 4.76. The first-order valence-electron chi connectivity index (χ1n) is 9.04. The van der Waals surface area contributed by atoms with Gasteiger partial charge in [-0.3, -0.25) is 10.1 Å². The molecule has 1 aliphatic rings. The molecular formula is C22H20N2O3. The molecule has 3 aromatic carbocycles. The van der Waals surface area contributed by atoms with Gasteiger partial charge in [-0.15, -0.1) is 0 Å². The quantitative estimate of drug-likeness (QED) is 0.705. The molecule has 0 bridgehead atoms. The summed E-state index contributed by atoms with van der Waals surface area (Å²) in [5.41, 5.74) is 4.43. The van der Waals surface area contributed by atoms with Crippen LogP contribution in [0.3, 0.4) is 0 Å². The van der Waals surface area contributed by atoms with Gasteiger partial charge < -0.3 is 10.1 Å². The Balaban J connectivity index is 1.59. The van der Waals surface area contributed by atoms with Crippen LogP contribution in [0.1, 0.15) is 28.4 Å². The zero-order valence-corrected chi connectivity index (χ0v) is 15.0. The Morgan fingerprint density at radius 3 is 2.41 bits per heavy atom. The molecule has 5 heteroatoms. The van der Waals surface area contributed by atoms with Crippen LogP contribution in [0.4, 0.5) is 16.2 Å². The molecule has 0 unspecified atom stereocenters. The average Bonchev–Trinajstić information content (AvgIpc) is 3.07. The Morgan fingerprint density at radius 2 is 1.63 bits per heavy atom. The zero-order chi connectivity index (χ0) is 18.8. The molecule has 0 aromatic heterocycles. The van der Waals surface area contributed by atoms with Crippen LogP contribution in [-0.4, -0.2) is 18.6 Å². The molecule has 2 amide bonds. The second kappa shape index (κ2) is 7.11. The van der Waals surface area contributed by atoms with Gasteiger partial charge in [-0.1, -0.05) is 30.3 Å². The van der Waals surface area contributed by atoms with Gasteiger partial charge in [0.25, 0.3) is 5.91 Å². The lowest BCUT2D eigenvalue weighted by Crippen LogP contribution is -2.15. The van der Waals surface area contributed by atoms with Gasteiger partial charge in [0, 0.05) is 16.9 Å². The lowest BCUT2D eigenvalue weighted by molar-refractivity contribution is 0.102. The third kappa shape index (κ3) is 3.36. The van der Waals surface area contributed by atoms with Crippen molar-refractivity contribution in [3.8, 4) is 0 Å². The fraction of sp³-hybridized carbons (Fsp3) is 0.182. The molecule has 0 fully saturated rings. The summed E-state index contributed by atoms with van der Waals surface area (Å²) in [6.07, 6.45) is 1.53. The van der Waals surface area contributed by atoms with Crippen LogP contribution >= 0.6 is 0 Å². The fourth-order valence-corrected chi connectivity index (χ4v) is 3.60. The van der Waals surface area contributed by atoms with Gasteiger partial charge in [0.05, 0.1) is 6.61 Å². The number of rotatable bonds is 4. The Bertz CT molecular complexity index is 1030. The van der Waals surface area contributed by atoms with Gasteiger partial charge in [0.2, 0.25) is 0 Å². The maximum Gasteiger partial charge on any atom is 0.411 e. The molecule has 0 atom stereocenters. The molecule has 0 spiro atoms. The first-order valence-corrected chi connectivity index (χ1v) is 9.04. The van der Waals surface area contributed by atoms with Gasteiger partial charge in [-0.25, -0.2) is 4.79 Å². The molecule has 4 rings (SSSR count). The van der Waals surface area contributed by atoms with E-state index in [0.29, 0.717) is 23.5 Å². The molecule has 0 heterocycles. The standard InChI is InChI=1S/C22H20N2O3/c1-2-27-22(26)24-17-7-4-6-16(13-17)23-21(25)19-12-11-15-10-9-14-5-3-8-18(19)20(14)15/h3-8,11-13H,2,9-10H2,1H3,(H,23,25)(H,24,26). The number of amides is 2. The highest BCUT2D eigenvalue weighted by Crippen LogP contribution is 2.33. The number of hydrogen-bond acceptors (Lipinski definition) is 3. The van der Waals surface area contributed by atoms with Crippen molar-refractivity contribution in [3.05, 3.63) is 71.3 Å². The Morgan fingerprint density at radius 1 is 0.926 bits per heavy atom. The molecule has 2 N–H and O–H groups in total. The molecule has 0 radical (unpaired) electrons. The summed E-state index contributed by atoms with van der Waals surface area (Å²) >= 11 is 0. The molecule has 5 nitrogen and oxygen atoms in total. The van der Waals surface area contributed by atoms with E-state index in [1.807, 2.05) is 24.3 Å². The molecular weight excluding hydrogens is 340 g/mol. The van der Waals surface area contributed by atoms with Gasteiger partial charge in [0.15, 0.2) is 0 Å². The topological polar surface area (TPSA) is 67.4 Å². The molecule has 0 aliphatic heterocycles. The smallest absolute Gasteiger partial charge is 0.411 e. The second-order valence-electron chi connectivity index (χ2n) is 6.49. The number of carbonyl (C=O) groups excluding carboxylic acids is 2. The summed E-state index contributed by atoms with van der Waals surface area (Å²) in [7, 11) is 0. The number of carbonyl (C=O) groups is 2. The van der Waals surface area contributed by atoms with E-state index >= 15 is 0 Å². The zero-order valence-electron chi connectivity index (χ0n) is 15.0. The minimum Gasteiger partial charge on any atom is -0.450 e. The molecule has 3 aromatic rings. The number of benzene rings is 3. The summed E-state index contributed by atoms with van der Waals surface area (Å²) < 4.78 is 4.88. The highest BCUT2D eigenvalue weighted by atomic mass is 16.5. The van der Waals surface area contributed by atoms with Gasteiger partial charge in [-0.2, -0.15) is 0 Å². The van der Waals surface area contributed by atoms with Crippen molar-refractivity contribution < 1.29 is 14.3 Å². The summed E-state index contributed by atoms with van der Waals surface area (Å²) in [5.74, 6) is -0.168. The van der Waals surface area contributed by atoms with Crippen molar-refractivity contribution in [2.75, 3.05) is 17.2 Å². The molecule has 0 saturated heterocycles. The van der Waals surface area contributed by atoms with Crippen LogP contribution in [0.15, 0.2) is 54.6 Å². The number of anilines is 2. The Labute approximate surface area is 157 Å². The van der Waals surface area contributed by atoms with Crippen LogP contribution in [0.2, 0.25) is 0 Å². The molecule has 27 heavy (non-hydrogen) atoms. The summed E-state index contributed by atoms with van der Waals surface area (Å²) in [4.78, 5) is 24.4. The Hall–Kier alpha value is -3.34. The van der Waals surface area contributed by atoms with E-state index in [4.69, 9.17) is 4.74 Å². The SMILES string of the molecule is CCOC(=O)Nc1cccc(NC(=O)c2ccc3c4c(cccc24)CC3)c1. The van der Waals surface area contributed by atoms with E-state index in [-0.39, 0.29) is 5.91 Å². The Kier molecular flexibility index (Phi) is 4.50. The summed E-state index contributed by atoms with van der Waals surface area (Å²) in [6, 6.07) is 17.1. The highest BCUT2D eigenvalue weighted by molar-refractivity contribution is 6.14. The van der Waals surface area contributed by atoms with Crippen LogP contribution in [0.25, 0.3) is 10.8 Å². The van der Waals surface area contributed by atoms with Gasteiger partial charge >= 0.3 is 6.09 Å². The van der Waals surface area contributed by atoms with Crippen LogP contribution in [0, 0.1) is 0 Å². The number of aryl methyl sites for hydroxylation is 2. The van der Waals surface area contributed by atoms with E-state index in [1.54, 1.807) is 31.2 Å². The van der Waals surface area contributed by atoms with E-state index in [2.05, 4.69) is 16.7 Å². The number of ether oxygens (including phenoxy) is 1. The van der Waals surface area contributed by atoms with Crippen LogP contribution in [0.5, 0.6) is 0 Å². The van der Waals surface area contributed by atoms with Crippen molar-refractivity contribution in [1.82, 2.24) is 0 Å². The predicted molar refractivity (Wildman–Crippen MR) is 106 cm³/mol. The number of hydrogen-bond donors (Lipinski definition) is 2. The fourth-order valence-electron chi connectivity index (χ4n) is 3.60. The van der Waals surface area contributed by atoms with Gasteiger partial charge in [0.1, 0.15) is 0 Å². The normalized spacial score (nSPS) is 12.0. The maximum atomic E-state index is 12.9. The van der Waals surface area contributed by atoms with Crippen molar-refractivity contribution >= 4 is 34.1 Å². The van der Waals surface area contributed by atoms with Crippen LogP contribution in [-0.2, 0) is 17.6 Å².